The molecule has 11 nitrogen and oxygen atoms in total. The summed E-state index contributed by atoms with van der Waals surface area (Å²) in [6.45, 7) is 7.05. The van der Waals surface area contributed by atoms with Crippen molar-refractivity contribution in [3.05, 3.63) is 75.2 Å². The first kappa shape index (κ1) is 26.9. The summed E-state index contributed by atoms with van der Waals surface area (Å²) >= 11 is 0.903. The molecule has 206 valence electrons. The summed E-state index contributed by atoms with van der Waals surface area (Å²) in [6, 6.07) is 6.90. The number of rotatable bonds is 6. The molecule has 0 bridgehead atoms. The van der Waals surface area contributed by atoms with E-state index in [1.807, 2.05) is 19.1 Å². The molecule has 4 aromatic rings. The van der Waals surface area contributed by atoms with Crippen LogP contribution in [0.2, 0.25) is 0 Å². The number of aryl methyl sites for hydroxylation is 3. The average Bonchev–Trinajstić information content (AvgIpc) is 3.56. The number of ketones is 1. The number of thiazole rings is 1. The fourth-order valence-electron chi connectivity index (χ4n) is 4.75. The number of phenols is 1. The Morgan fingerprint density at radius 1 is 1.15 bits per heavy atom. The number of methoxy groups -OCH3 is 1. The standard InChI is InChI=1S/C28H26N4O7S/c1-6-39-27(37)24-14(3)29-28(40-24)32-21(16-9-10-17(33)18(12-16)38-5)19(23(35)26(32)36)22(34)20-15(4)31-11-7-8-13(2)25(31)30-20/h7-12,21,33-34H,6H2,1-5H3/b22-19+. The van der Waals surface area contributed by atoms with Crippen molar-refractivity contribution in [1.29, 1.82) is 0 Å². The van der Waals surface area contributed by atoms with Crippen LogP contribution < -0.4 is 9.64 Å². The van der Waals surface area contributed by atoms with E-state index in [2.05, 4.69) is 9.97 Å². The Hall–Kier alpha value is -4.71. The maximum atomic E-state index is 13.6. The number of phenolic OH excluding ortho intramolecular Hbond substituents is 1. The largest absolute Gasteiger partial charge is 0.505 e. The number of fused-ring (bicyclic) bond motifs is 1. The molecular weight excluding hydrogens is 536 g/mol. The smallest absolute Gasteiger partial charge is 0.350 e. The van der Waals surface area contributed by atoms with Crippen LogP contribution in [0.15, 0.2) is 42.1 Å². The Labute approximate surface area is 232 Å². The number of hydrogen-bond donors (Lipinski definition) is 2. The minimum Gasteiger partial charge on any atom is -0.505 e. The van der Waals surface area contributed by atoms with Gasteiger partial charge in [0.25, 0.3) is 5.78 Å². The maximum absolute atomic E-state index is 13.6. The summed E-state index contributed by atoms with van der Waals surface area (Å²) in [5.74, 6) is -3.00. The third kappa shape index (κ3) is 4.16. The molecule has 2 N–H and O–H groups in total. The number of carbonyl (C=O) groups is 3. The van der Waals surface area contributed by atoms with Gasteiger partial charge in [-0.3, -0.25) is 14.5 Å². The second-order valence-corrected chi connectivity index (χ2v) is 10.1. The van der Waals surface area contributed by atoms with E-state index in [4.69, 9.17) is 9.47 Å². The molecule has 4 heterocycles. The molecule has 1 fully saturated rings. The lowest BCUT2D eigenvalue weighted by Gasteiger charge is -2.23. The highest BCUT2D eigenvalue weighted by Crippen LogP contribution is 2.45. The minimum absolute atomic E-state index is 0.0707. The van der Waals surface area contributed by atoms with Gasteiger partial charge in [-0.2, -0.15) is 0 Å². The Morgan fingerprint density at radius 2 is 1.90 bits per heavy atom. The summed E-state index contributed by atoms with van der Waals surface area (Å²) in [7, 11) is 1.37. The zero-order chi connectivity index (χ0) is 28.9. The fourth-order valence-corrected chi connectivity index (χ4v) is 5.74. The molecule has 1 atom stereocenters. The number of aliphatic hydroxyl groups is 1. The fraction of sp³-hybridized carbons (Fsp3) is 0.250. The van der Waals surface area contributed by atoms with Gasteiger partial charge in [0.15, 0.2) is 22.4 Å². The highest BCUT2D eigenvalue weighted by molar-refractivity contribution is 7.17. The quantitative estimate of drug-likeness (QED) is 0.153. The highest BCUT2D eigenvalue weighted by atomic mass is 32.1. The van der Waals surface area contributed by atoms with E-state index < -0.39 is 29.5 Å². The number of carbonyl (C=O) groups excluding carboxylic acids is 3. The lowest BCUT2D eigenvalue weighted by molar-refractivity contribution is -0.132. The second kappa shape index (κ2) is 10.1. The Bertz CT molecular complexity index is 1740. The number of ether oxygens (including phenoxy) is 2. The van der Waals surface area contributed by atoms with Crippen LogP contribution in [0.3, 0.4) is 0 Å². The van der Waals surface area contributed by atoms with Crippen molar-refractivity contribution in [2.45, 2.75) is 33.7 Å². The first-order valence-corrected chi connectivity index (χ1v) is 13.2. The van der Waals surface area contributed by atoms with E-state index in [0.717, 1.165) is 21.8 Å². The van der Waals surface area contributed by atoms with E-state index in [9.17, 15) is 24.6 Å². The predicted octanol–water partition coefficient (Wildman–Crippen LogP) is 4.23. The molecule has 0 spiro atoms. The normalized spacial score (nSPS) is 16.6. The number of aromatic nitrogens is 3. The maximum Gasteiger partial charge on any atom is 0.350 e. The molecule has 5 rings (SSSR count). The number of anilines is 1. The van der Waals surface area contributed by atoms with Gasteiger partial charge in [0, 0.05) is 6.20 Å². The predicted molar refractivity (Wildman–Crippen MR) is 147 cm³/mol. The van der Waals surface area contributed by atoms with Gasteiger partial charge in [-0.1, -0.05) is 23.5 Å². The highest BCUT2D eigenvalue weighted by Gasteiger charge is 2.49. The Kier molecular flexibility index (Phi) is 6.80. The number of imidazole rings is 1. The van der Waals surface area contributed by atoms with Gasteiger partial charge in [-0.15, -0.1) is 0 Å². The van der Waals surface area contributed by atoms with Crippen molar-refractivity contribution in [1.82, 2.24) is 14.4 Å². The first-order chi connectivity index (χ1) is 19.1. The number of aliphatic hydroxyl groups excluding tert-OH is 1. The molecule has 1 aromatic carbocycles. The molecule has 1 unspecified atom stereocenters. The van der Waals surface area contributed by atoms with Gasteiger partial charge in [0.05, 0.1) is 36.7 Å². The topological polar surface area (TPSA) is 144 Å². The number of Topliss-reactive ketones (excluding diaryl/α,β-unsaturated/α-hetero) is 1. The van der Waals surface area contributed by atoms with Crippen molar-refractivity contribution in [2.75, 3.05) is 18.6 Å². The van der Waals surface area contributed by atoms with Crippen molar-refractivity contribution >= 4 is 45.5 Å². The summed E-state index contributed by atoms with van der Waals surface area (Å²) in [4.78, 5) is 50.0. The Balaban J connectivity index is 1.76. The number of aromatic hydroxyl groups is 1. The van der Waals surface area contributed by atoms with Crippen molar-refractivity contribution in [2.24, 2.45) is 0 Å². The van der Waals surface area contributed by atoms with Crippen molar-refractivity contribution in [3.63, 3.8) is 0 Å². The summed E-state index contributed by atoms with van der Waals surface area (Å²) in [6.07, 6.45) is 1.79. The molecule has 3 aromatic heterocycles. The molecule has 0 saturated carbocycles. The molecular formula is C28H26N4O7S. The molecule has 1 aliphatic rings. The number of esters is 1. The van der Waals surface area contributed by atoms with E-state index >= 15 is 0 Å². The number of hydrogen-bond acceptors (Lipinski definition) is 10. The molecule has 1 amide bonds. The Morgan fingerprint density at radius 3 is 2.58 bits per heavy atom. The number of amides is 1. The number of nitrogens with zero attached hydrogens (tertiary/aromatic N) is 4. The van der Waals surface area contributed by atoms with Gasteiger partial charge < -0.3 is 24.1 Å². The van der Waals surface area contributed by atoms with E-state index in [1.54, 1.807) is 31.4 Å². The van der Waals surface area contributed by atoms with Gasteiger partial charge in [-0.05, 0) is 57.0 Å². The van der Waals surface area contributed by atoms with E-state index in [-0.39, 0.29) is 39.4 Å². The molecule has 1 saturated heterocycles. The number of benzene rings is 1. The van der Waals surface area contributed by atoms with Crippen LogP contribution in [0, 0.1) is 20.8 Å². The van der Waals surface area contributed by atoms with Gasteiger partial charge in [0.1, 0.15) is 16.2 Å². The SMILES string of the molecule is CCOC(=O)c1sc(N2C(=O)C(=O)/C(=C(/O)c3nc4c(C)cccn4c3C)C2c2ccc(O)c(OC)c2)nc1C. The van der Waals surface area contributed by atoms with Crippen LogP contribution in [0.25, 0.3) is 11.4 Å². The summed E-state index contributed by atoms with van der Waals surface area (Å²) < 4.78 is 12.2. The van der Waals surface area contributed by atoms with Crippen LogP contribution in [0.4, 0.5) is 5.13 Å². The first-order valence-electron chi connectivity index (χ1n) is 12.4. The van der Waals surface area contributed by atoms with Gasteiger partial charge in [0.2, 0.25) is 0 Å². The van der Waals surface area contributed by atoms with Crippen molar-refractivity contribution < 1.29 is 34.1 Å². The van der Waals surface area contributed by atoms with Crippen molar-refractivity contribution in [3.8, 4) is 11.5 Å². The van der Waals surface area contributed by atoms with Crippen LogP contribution in [0.5, 0.6) is 11.5 Å². The third-order valence-electron chi connectivity index (χ3n) is 6.72. The van der Waals surface area contributed by atoms with Crippen LogP contribution in [-0.4, -0.2) is 56.0 Å². The lowest BCUT2D eigenvalue weighted by atomic mass is 9.96. The van der Waals surface area contributed by atoms with Crippen LogP contribution in [0.1, 0.15) is 50.8 Å². The zero-order valence-electron chi connectivity index (χ0n) is 22.4. The van der Waals surface area contributed by atoms with E-state index in [0.29, 0.717) is 22.6 Å². The van der Waals surface area contributed by atoms with E-state index in [1.165, 1.54) is 25.3 Å². The minimum atomic E-state index is -1.17. The van der Waals surface area contributed by atoms with Gasteiger partial charge in [-0.25, -0.2) is 14.8 Å². The molecule has 40 heavy (non-hydrogen) atoms. The lowest BCUT2D eigenvalue weighted by Crippen LogP contribution is -2.29. The second-order valence-electron chi connectivity index (χ2n) is 9.16. The molecule has 1 aliphatic heterocycles. The summed E-state index contributed by atoms with van der Waals surface area (Å²) in [5, 5.41) is 21.9. The summed E-state index contributed by atoms with van der Waals surface area (Å²) in [5.41, 5.74) is 2.63. The zero-order valence-corrected chi connectivity index (χ0v) is 23.2. The monoisotopic (exact) mass is 562 g/mol. The third-order valence-corrected chi connectivity index (χ3v) is 7.86. The average molecular weight is 563 g/mol. The number of pyridine rings is 1. The van der Waals surface area contributed by atoms with Gasteiger partial charge >= 0.3 is 11.9 Å². The molecule has 12 heteroatoms. The molecule has 0 aliphatic carbocycles. The van der Waals surface area contributed by atoms with Crippen LogP contribution >= 0.6 is 11.3 Å². The van der Waals surface area contributed by atoms with Crippen LogP contribution in [-0.2, 0) is 14.3 Å². The molecule has 0 radical (unpaired) electrons.